The van der Waals surface area contributed by atoms with Gasteiger partial charge < -0.3 is 9.26 Å². The Hall–Kier alpha value is -1.85. The third-order valence-corrected chi connectivity index (χ3v) is 2.35. The van der Waals surface area contributed by atoms with E-state index in [2.05, 4.69) is 5.16 Å². The number of hydrogen-bond acceptors (Lipinski definition) is 5. The standard InChI is InChI=1S/C11H14N2O4/c1-11(2,3)16-10(15)13-4-7-8(5-13)12-17-9(7)6-14/h6H,4-5H2,1-3H3. The zero-order chi connectivity index (χ0) is 12.6. The molecule has 0 atom stereocenters. The zero-order valence-electron chi connectivity index (χ0n) is 10.0. The fourth-order valence-corrected chi connectivity index (χ4v) is 1.63. The Bertz CT molecular complexity index is 459. The van der Waals surface area contributed by atoms with Gasteiger partial charge in [0.1, 0.15) is 11.3 Å². The summed E-state index contributed by atoms with van der Waals surface area (Å²) in [6.07, 6.45) is 0.192. The molecule has 0 unspecified atom stereocenters. The number of fused-ring (bicyclic) bond motifs is 1. The van der Waals surface area contributed by atoms with Crippen molar-refractivity contribution in [2.45, 2.75) is 39.5 Å². The van der Waals surface area contributed by atoms with Gasteiger partial charge in [-0.2, -0.15) is 0 Å². The van der Waals surface area contributed by atoms with Crippen molar-refractivity contribution in [3.63, 3.8) is 0 Å². The molecule has 0 aromatic carbocycles. The molecule has 0 saturated heterocycles. The van der Waals surface area contributed by atoms with Crippen LogP contribution in [0, 0.1) is 0 Å². The molecule has 2 rings (SSSR count). The molecule has 1 aliphatic heterocycles. The lowest BCUT2D eigenvalue weighted by molar-refractivity contribution is 0.0236. The van der Waals surface area contributed by atoms with E-state index < -0.39 is 11.7 Å². The number of rotatable bonds is 1. The first-order chi connectivity index (χ1) is 7.90. The van der Waals surface area contributed by atoms with Crippen LogP contribution in [0.5, 0.6) is 0 Å². The Balaban J connectivity index is 2.07. The van der Waals surface area contributed by atoms with Crippen LogP contribution in [0.3, 0.4) is 0 Å². The molecule has 2 heterocycles. The number of carbonyl (C=O) groups excluding carboxylic acids is 2. The number of ether oxygens (including phenoxy) is 1. The third-order valence-electron chi connectivity index (χ3n) is 2.35. The highest BCUT2D eigenvalue weighted by Gasteiger charge is 2.32. The van der Waals surface area contributed by atoms with Crippen molar-refractivity contribution in [2.75, 3.05) is 0 Å². The van der Waals surface area contributed by atoms with Gasteiger partial charge in [0.25, 0.3) is 0 Å². The van der Waals surface area contributed by atoms with Crippen molar-refractivity contribution in [3.05, 3.63) is 17.0 Å². The van der Waals surface area contributed by atoms with Crippen LogP contribution in [-0.2, 0) is 17.8 Å². The van der Waals surface area contributed by atoms with Crippen molar-refractivity contribution in [2.24, 2.45) is 0 Å². The lowest BCUT2D eigenvalue weighted by atomic mass is 10.2. The molecule has 92 valence electrons. The molecule has 0 N–H and O–H groups in total. The molecule has 1 aromatic heterocycles. The number of aldehydes is 1. The smallest absolute Gasteiger partial charge is 0.410 e. The zero-order valence-corrected chi connectivity index (χ0v) is 10.0. The Morgan fingerprint density at radius 1 is 1.47 bits per heavy atom. The van der Waals surface area contributed by atoms with Gasteiger partial charge in [0.05, 0.1) is 13.1 Å². The molecule has 0 saturated carbocycles. The van der Waals surface area contributed by atoms with Crippen LogP contribution in [-0.4, -0.2) is 28.0 Å². The fourth-order valence-electron chi connectivity index (χ4n) is 1.63. The van der Waals surface area contributed by atoms with Crippen molar-refractivity contribution < 1.29 is 18.8 Å². The molecule has 0 fully saturated rings. The van der Waals surface area contributed by atoms with Crippen LogP contribution in [0.1, 0.15) is 42.6 Å². The summed E-state index contributed by atoms with van der Waals surface area (Å²) >= 11 is 0. The second kappa shape index (κ2) is 3.87. The van der Waals surface area contributed by atoms with Crippen LogP contribution in [0.15, 0.2) is 4.52 Å². The minimum atomic E-state index is -0.533. The minimum Gasteiger partial charge on any atom is -0.444 e. The van der Waals surface area contributed by atoms with Gasteiger partial charge in [0.15, 0.2) is 6.29 Å². The fraction of sp³-hybridized carbons (Fsp3) is 0.545. The van der Waals surface area contributed by atoms with Crippen molar-refractivity contribution in [3.8, 4) is 0 Å². The summed E-state index contributed by atoms with van der Waals surface area (Å²) in [7, 11) is 0. The molecule has 17 heavy (non-hydrogen) atoms. The summed E-state index contributed by atoms with van der Waals surface area (Å²) in [4.78, 5) is 23.9. The summed E-state index contributed by atoms with van der Waals surface area (Å²) in [5.74, 6) is 0.186. The number of hydrogen-bond donors (Lipinski definition) is 0. The summed E-state index contributed by atoms with van der Waals surface area (Å²) in [6.45, 7) is 6.04. The minimum absolute atomic E-state index is 0.186. The van der Waals surface area contributed by atoms with Gasteiger partial charge in [-0.1, -0.05) is 5.16 Å². The van der Waals surface area contributed by atoms with E-state index in [4.69, 9.17) is 9.26 Å². The van der Waals surface area contributed by atoms with Gasteiger partial charge >= 0.3 is 6.09 Å². The first-order valence-electron chi connectivity index (χ1n) is 5.31. The average molecular weight is 238 g/mol. The van der Waals surface area contributed by atoms with E-state index in [-0.39, 0.29) is 5.76 Å². The summed E-state index contributed by atoms with van der Waals surface area (Å²) in [5.41, 5.74) is 0.762. The van der Waals surface area contributed by atoms with E-state index in [1.54, 1.807) is 20.8 Å². The molecule has 1 aliphatic rings. The molecular weight excluding hydrogens is 224 g/mol. The van der Waals surface area contributed by atoms with E-state index in [9.17, 15) is 9.59 Å². The van der Waals surface area contributed by atoms with Crippen LogP contribution in [0.4, 0.5) is 4.79 Å². The van der Waals surface area contributed by atoms with Gasteiger partial charge in [-0.15, -0.1) is 0 Å². The Morgan fingerprint density at radius 2 is 2.18 bits per heavy atom. The summed E-state index contributed by atoms with van der Waals surface area (Å²) in [5, 5.41) is 3.74. The second-order valence-corrected chi connectivity index (χ2v) is 4.93. The van der Waals surface area contributed by atoms with Crippen LogP contribution < -0.4 is 0 Å². The highest BCUT2D eigenvalue weighted by molar-refractivity contribution is 5.75. The Labute approximate surface area is 98.5 Å². The first-order valence-corrected chi connectivity index (χ1v) is 5.31. The quantitative estimate of drug-likeness (QED) is 0.697. The van der Waals surface area contributed by atoms with Crippen molar-refractivity contribution in [1.29, 1.82) is 0 Å². The average Bonchev–Trinajstić information content (AvgIpc) is 2.72. The number of nitrogens with zero attached hydrogens (tertiary/aromatic N) is 2. The highest BCUT2D eigenvalue weighted by atomic mass is 16.6. The maximum atomic E-state index is 11.8. The normalized spacial score (nSPS) is 14.6. The van der Waals surface area contributed by atoms with Crippen LogP contribution in [0.2, 0.25) is 0 Å². The first kappa shape index (κ1) is 11.6. The Kier molecular flexibility index (Phi) is 2.65. The Morgan fingerprint density at radius 3 is 2.76 bits per heavy atom. The maximum absolute atomic E-state index is 11.8. The molecule has 0 aliphatic carbocycles. The van der Waals surface area contributed by atoms with Gasteiger partial charge in [0.2, 0.25) is 5.76 Å². The van der Waals surface area contributed by atoms with E-state index in [1.807, 2.05) is 0 Å². The second-order valence-electron chi connectivity index (χ2n) is 4.93. The summed E-state index contributed by atoms with van der Waals surface area (Å²) < 4.78 is 10.1. The van der Waals surface area contributed by atoms with E-state index in [0.717, 1.165) is 0 Å². The lowest BCUT2D eigenvalue weighted by Crippen LogP contribution is -2.33. The van der Waals surface area contributed by atoms with E-state index in [1.165, 1.54) is 4.90 Å². The molecule has 1 amide bonds. The lowest BCUT2D eigenvalue weighted by Gasteiger charge is -2.24. The van der Waals surface area contributed by atoms with Crippen LogP contribution >= 0.6 is 0 Å². The molecule has 6 heteroatoms. The van der Waals surface area contributed by atoms with E-state index >= 15 is 0 Å². The van der Waals surface area contributed by atoms with Gasteiger partial charge in [0, 0.05) is 5.56 Å². The maximum Gasteiger partial charge on any atom is 0.410 e. The SMILES string of the molecule is CC(C)(C)OC(=O)N1Cc2noc(C=O)c2C1. The highest BCUT2D eigenvalue weighted by Crippen LogP contribution is 2.25. The predicted octanol–water partition coefficient (Wildman–Crippen LogP) is 1.74. The molecule has 6 nitrogen and oxygen atoms in total. The predicted molar refractivity (Wildman–Crippen MR) is 57.4 cm³/mol. The number of aromatic nitrogens is 1. The summed E-state index contributed by atoms with van der Waals surface area (Å²) in [6, 6.07) is 0. The van der Waals surface area contributed by atoms with Gasteiger partial charge in [-0.25, -0.2) is 4.79 Å². The molecule has 1 aromatic rings. The largest absolute Gasteiger partial charge is 0.444 e. The molecule has 0 radical (unpaired) electrons. The molecule has 0 spiro atoms. The molecule has 0 bridgehead atoms. The van der Waals surface area contributed by atoms with Crippen molar-refractivity contribution >= 4 is 12.4 Å². The van der Waals surface area contributed by atoms with Crippen molar-refractivity contribution in [1.82, 2.24) is 10.1 Å². The topological polar surface area (TPSA) is 72.6 Å². The van der Waals surface area contributed by atoms with E-state index in [0.29, 0.717) is 30.6 Å². The third kappa shape index (κ3) is 2.30. The van der Waals surface area contributed by atoms with Gasteiger partial charge in [-0.3, -0.25) is 9.69 Å². The number of amides is 1. The number of carbonyl (C=O) groups is 2. The van der Waals surface area contributed by atoms with Gasteiger partial charge in [-0.05, 0) is 20.8 Å². The monoisotopic (exact) mass is 238 g/mol. The van der Waals surface area contributed by atoms with Crippen LogP contribution in [0.25, 0.3) is 0 Å². The molecular formula is C11H14N2O4.